The molecule has 2 aliphatic rings. The number of hydrogen-bond donors (Lipinski definition) is 2. The van der Waals surface area contributed by atoms with E-state index in [-0.39, 0.29) is 0 Å². The van der Waals surface area contributed by atoms with E-state index in [1.807, 2.05) is 0 Å². The Morgan fingerprint density at radius 2 is 2.20 bits per heavy atom. The molecule has 0 radical (unpaired) electrons. The molecule has 0 spiro atoms. The zero-order valence-corrected chi connectivity index (χ0v) is 9.36. The Morgan fingerprint density at radius 1 is 1.33 bits per heavy atom. The SMILES string of the molecule is S=c1nc(N2CCC2)c2c([nH]1)CCNC2. The third-order valence-electron chi connectivity index (χ3n) is 3.11. The summed E-state index contributed by atoms with van der Waals surface area (Å²) in [5.74, 6) is 1.10. The summed E-state index contributed by atoms with van der Waals surface area (Å²) in [4.78, 5) is 9.98. The molecule has 1 fully saturated rings. The number of H-pyrrole nitrogens is 1. The quantitative estimate of drug-likeness (QED) is 0.696. The predicted octanol–water partition coefficient (Wildman–Crippen LogP) is 0.995. The molecule has 3 rings (SSSR count). The highest BCUT2D eigenvalue weighted by Gasteiger charge is 2.22. The topological polar surface area (TPSA) is 44.0 Å². The van der Waals surface area contributed by atoms with Gasteiger partial charge in [0.25, 0.3) is 0 Å². The number of rotatable bonds is 1. The van der Waals surface area contributed by atoms with Crippen LogP contribution in [0, 0.1) is 4.77 Å². The highest BCUT2D eigenvalue weighted by atomic mass is 32.1. The van der Waals surface area contributed by atoms with Crippen LogP contribution < -0.4 is 10.2 Å². The van der Waals surface area contributed by atoms with Crippen LogP contribution in [0.4, 0.5) is 5.82 Å². The first kappa shape index (κ1) is 9.30. The Hall–Kier alpha value is -0.940. The van der Waals surface area contributed by atoms with E-state index in [1.165, 1.54) is 17.7 Å². The molecule has 0 saturated carbocycles. The number of anilines is 1. The van der Waals surface area contributed by atoms with E-state index in [1.54, 1.807) is 0 Å². The van der Waals surface area contributed by atoms with E-state index in [0.29, 0.717) is 4.77 Å². The molecule has 5 heteroatoms. The molecule has 2 aliphatic heterocycles. The van der Waals surface area contributed by atoms with Crippen molar-refractivity contribution in [2.45, 2.75) is 19.4 Å². The summed E-state index contributed by atoms with van der Waals surface area (Å²) in [6.45, 7) is 4.19. The lowest BCUT2D eigenvalue weighted by Gasteiger charge is -2.34. The second-order valence-corrected chi connectivity index (χ2v) is 4.48. The third kappa shape index (κ3) is 1.55. The number of fused-ring (bicyclic) bond motifs is 1. The van der Waals surface area contributed by atoms with E-state index < -0.39 is 0 Å². The monoisotopic (exact) mass is 222 g/mol. The molecular weight excluding hydrogens is 208 g/mol. The molecular formula is C10H14N4S. The van der Waals surface area contributed by atoms with Crippen molar-refractivity contribution in [1.82, 2.24) is 15.3 Å². The number of aromatic nitrogens is 2. The molecule has 1 aromatic heterocycles. The van der Waals surface area contributed by atoms with Gasteiger partial charge in [0.15, 0.2) is 4.77 Å². The summed E-state index contributed by atoms with van der Waals surface area (Å²) in [6.07, 6.45) is 2.30. The Labute approximate surface area is 93.7 Å². The number of nitrogens with zero attached hydrogens (tertiary/aromatic N) is 2. The van der Waals surface area contributed by atoms with Gasteiger partial charge in [-0.1, -0.05) is 0 Å². The molecule has 0 atom stereocenters. The highest BCUT2D eigenvalue weighted by Crippen LogP contribution is 2.26. The minimum atomic E-state index is 0.623. The molecule has 15 heavy (non-hydrogen) atoms. The van der Waals surface area contributed by atoms with Crippen LogP contribution in [0.15, 0.2) is 0 Å². The molecule has 4 nitrogen and oxygen atoms in total. The van der Waals surface area contributed by atoms with Gasteiger partial charge in [0.1, 0.15) is 5.82 Å². The van der Waals surface area contributed by atoms with Crippen molar-refractivity contribution >= 4 is 18.0 Å². The summed E-state index contributed by atoms with van der Waals surface area (Å²) in [5, 5.41) is 3.38. The summed E-state index contributed by atoms with van der Waals surface area (Å²) >= 11 is 5.16. The van der Waals surface area contributed by atoms with Gasteiger partial charge >= 0.3 is 0 Å². The lowest BCUT2D eigenvalue weighted by atomic mass is 10.1. The minimum Gasteiger partial charge on any atom is -0.356 e. The van der Waals surface area contributed by atoms with E-state index >= 15 is 0 Å². The second-order valence-electron chi connectivity index (χ2n) is 4.09. The highest BCUT2D eigenvalue weighted by molar-refractivity contribution is 7.71. The summed E-state index contributed by atoms with van der Waals surface area (Å²) in [7, 11) is 0. The molecule has 2 N–H and O–H groups in total. The maximum atomic E-state index is 5.16. The summed E-state index contributed by atoms with van der Waals surface area (Å²) < 4.78 is 0.623. The van der Waals surface area contributed by atoms with Crippen LogP contribution in [0.25, 0.3) is 0 Å². The summed E-state index contributed by atoms with van der Waals surface area (Å²) in [6, 6.07) is 0. The van der Waals surface area contributed by atoms with Crippen LogP contribution in [0.1, 0.15) is 17.7 Å². The lowest BCUT2D eigenvalue weighted by molar-refractivity contribution is 0.580. The van der Waals surface area contributed by atoms with Gasteiger partial charge in [-0.3, -0.25) is 0 Å². The van der Waals surface area contributed by atoms with Crippen molar-refractivity contribution in [2.24, 2.45) is 0 Å². The largest absolute Gasteiger partial charge is 0.356 e. The molecule has 1 aromatic rings. The first-order chi connectivity index (χ1) is 7.34. The fourth-order valence-electron chi connectivity index (χ4n) is 2.15. The zero-order valence-electron chi connectivity index (χ0n) is 8.55. The Kier molecular flexibility index (Phi) is 2.21. The molecule has 3 heterocycles. The van der Waals surface area contributed by atoms with Crippen LogP contribution in [0.5, 0.6) is 0 Å². The molecule has 0 amide bonds. The standard InChI is InChI=1S/C10H14N4S/c15-10-12-8-2-3-11-6-7(8)9(13-10)14-4-1-5-14/h11H,1-6H2,(H,12,13,15). The molecule has 0 aromatic carbocycles. The van der Waals surface area contributed by atoms with Gasteiger partial charge in [-0.2, -0.15) is 0 Å². The van der Waals surface area contributed by atoms with Crippen LogP contribution in [-0.4, -0.2) is 29.6 Å². The van der Waals surface area contributed by atoms with Gasteiger partial charge in [-0.25, -0.2) is 4.98 Å². The fraction of sp³-hybridized carbons (Fsp3) is 0.600. The van der Waals surface area contributed by atoms with Gasteiger partial charge in [0.2, 0.25) is 0 Å². The van der Waals surface area contributed by atoms with Crippen molar-refractivity contribution in [1.29, 1.82) is 0 Å². The van der Waals surface area contributed by atoms with Crippen LogP contribution in [0.2, 0.25) is 0 Å². The zero-order chi connectivity index (χ0) is 10.3. The maximum Gasteiger partial charge on any atom is 0.198 e. The van der Waals surface area contributed by atoms with Crippen LogP contribution in [-0.2, 0) is 13.0 Å². The number of aromatic amines is 1. The van der Waals surface area contributed by atoms with Crippen molar-refractivity contribution in [2.75, 3.05) is 24.5 Å². The molecule has 1 saturated heterocycles. The van der Waals surface area contributed by atoms with Crippen LogP contribution in [0.3, 0.4) is 0 Å². The molecule has 0 bridgehead atoms. The minimum absolute atomic E-state index is 0.623. The summed E-state index contributed by atoms with van der Waals surface area (Å²) in [5.41, 5.74) is 2.59. The van der Waals surface area contributed by atoms with E-state index in [0.717, 1.165) is 38.4 Å². The van der Waals surface area contributed by atoms with E-state index in [4.69, 9.17) is 12.2 Å². The van der Waals surface area contributed by atoms with Gasteiger partial charge < -0.3 is 15.2 Å². The average Bonchev–Trinajstić information content (AvgIpc) is 2.14. The van der Waals surface area contributed by atoms with E-state index in [9.17, 15) is 0 Å². The predicted molar refractivity (Wildman–Crippen MR) is 61.7 cm³/mol. The van der Waals surface area contributed by atoms with Gasteiger partial charge in [0, 0.05) is 43.9 Å². The van der Waals surface area contributed by atoms with E-state index in [2.05, 4.69) is 20.2 Å². The van der Waals surface area contributed by atoms with Gasteiger partial charge in [-0.15, -0.1) is 0 Å². The Balaban J connectivity index is 2.10. The van der Waals surface area contributed by atoms with Crippen molar-refractivity contribution in [3.63, 3.8) is 0 Å². The average molecular weight is 222 g/mol. The van der Waals surface area contributed by atoms with Crippen LogP contribution >= 0.6 is 12.2 Å². The Bertz CT molecular complexity index is 436. The third-order valence-corrected chi connectivity index (χ3v) is 3.30. The lowest BCUT2D eigenvalue weighted by Crippen LogP contribution is -2.40. The first-order valence-corrected chi connectivity index (χ1v) is 5.83. The number of hydrogen-bond acceptors (Lipinski definition) is 4. The molecule has 0 aliphatic carbocycles. The van der Waals surface area contributed by atoms with Crippen molar-refractivity contribution < 1.29 is 0 Å². The molecule has 0 unspecified atom stereocenters. The number of nitrogens with one attached hydrogen (secondary N) is 2. The second kappa shape index (κ2) is 3.57. The van der Waals surface area contributed by atoms with Gasteiger partial charge in [-0.05, 0) is 18.6 Å². The van der Waals surface area contributed by atoms with Crippen molar-refractivity contribution in [3.05, 3.63) is 16.0 Å². The smallest absolute Gasteiger partial charge is 0.198 e. The normalized spacial score (nSPS) is 19.6. The maximum absolute atomic E-state index is 5.16. The fourth-order valence-corrected chi connectivity index (χ4v) is 2.36. The van der Waals surface area contributed by atoms with Gasteiger partial charge in [0.05, 0.1) is 0 Å². The Morgan fingerprint density at radius 3 is 2.93 bits per heavy atom. The molecule has 80 valence electrons. The first-order valence-electron chi connectivity index (χ1n) is 5.42. The van der Waals surface area contributed by atoms with Crippen molar-refractivity contribution in [3.8, 4) is 0 Å².